The smallest absolute Gasteiger partial charge is 0.271 e. The lowest BCUT2D eigenvalue weighted by Crippen LogP contribution is -2.41. The molecule has 1 aliphatic heterocycles. The summed E-state index contributed by atoms with van der Waals surface area (Å²) in [4.78, 5) is 26.8. The number of nitrogens with zero attached hydrogens (tertiary/aromatic N) is 4. The largest absolute Gasteiger partial charge is 0.335 e. The molecule has 2 aromatic heterocycles. The number of fused-ring (bicyclic) bond motifs is 1. The number of para-hydroxylation sites is 2. The van der Waals surface area contributed by atoms with Gasteiger partial charge in [0, 0.05) is 31.5 Å². The van der Waals surface area contributed by atoms with Gasteiger partial charge in [-0.2, -0.15) is 0 Å². The maximum atomic E-state index is 12.4. The maximum absolute atomic E-state index is 12.4. The molecule has 6 heteroatoms. The molecule has 1 N–H and O–H groups in total. The second-order valence-corrected chi connectivity index (χ2v) is 7.11. The van der Waals surface area contributed by atoms with Crippen LogP contribution in [0.3, 0.4) is 0 Å². The monoisotopic (exact) mass is 351 g/mol. The summed E-state index contributed by atoms with van der Waals surface area (Å²) in [5.74, 6) is 1.06. The van der Waals surface area contributed by atoms with Gasteiger partial charge in [0.2, 0.25) is 0 Å². The van der Waals surface area contributed by atoms with E-state index in [1.807, 2.05) is 43.6 Å². The van der Waals surface area contributed by atoms with Crippen molar-refractivity contribution in [3.63, 3.8) is 0 Å². The molecule has 0 radical (unpaired) electrons. The molecule has 1 atom stereocenters. The molecule has 1 aromatic carbocycles. The van der Waals surface area contributed by atoms with E-state index in [4.69, 9.17) is 0 Å². The van der Waals surface area contributed by atoms with Gasteiger partial charge in [0.05, 0.1) is 11.0 Å². The SMILES string of the molecule is Cc1nccn1CC[C@H]1CCCCN1Cc1nc2ccccc2[nH]c1=O. The van der Waals surface area contributed by atoms with Crippen LogP contribution in [-0.4, -0.2) is 37.0 Å². The van der Waals surface area contributed by atoms with E-state index in [2.05, 4.69) is 24.4 Å². The van der Waals surface area contributed by atoms with E-state index in [1.54, 1.807) is 0 Å². The van der Waals surface area contributed by atoms with Gasteiger partial charge in [-0.05, 0) is 44.9 Å². The Morgan fingerprint density at radius 3 is 3.00 bits per heavy atom. The summed E-state index contributed by atoms with van der Waals surface area (Å²) in [5.41, 5.74) is 2.20. The molecule has 6 nitrogen and oxygen atoms in total. The minimum Gasteiger partial charge on any atom is -0.335 e. The Labute approximate surface area is 152 Å². The molecule has 0 aliphatic carbocycles. The van der Waals surface area contributed by atoms with Crippen molar-refractivity contribution in [3.05, 3.63) is 58.5 Å². The number of imidazole rings is 1. The van der Waals surface area contributed by atoms with Crippen molar-refractivity contribution in [1.82, 2.24) is 24.4 Å². The lowest BCUT2D eigenvalue weighted by Gasteiger charge is -2.35. The van der Waals surface area contributed by atoms with Crippen molar-refractivity contribution in [2.24, 2.45) is 0 Å². The van der Waals surface area contributed by atoms with Crippen LogP contribution in [0.5, 0.6) is 0 Å². The molecule has 0 bridgehead atoms. The molecular formula is C20H25N5O. The van der Waals surface area contributed by atoms with Crippen LogP contribution in [0.15, 0.2) is 41.5 Å². The quantitative estimate of drug-likeness (QED) is 0.767. The fourth-order valence-corrected chi connectivity index (χ4v) is 3.89. The second-order valence-electron chi connectivity index (χ2n) is 7.11. The van der Waals surface area contributed by atoms with Crippen LogP contribution in [0.25, 0.3) is 11.0 Å². The number of hydrogen-bond donors (Lipinski definition) is 1. The van der Waals surface area contributed by atoms with E-state index in [-0.39, 0.29) is 5.56 Å². The van der Waals surface area contributed by atoms with Gasteiger partial charge in [-0.1, -0.05) is 18.6 Å². The van der Waals surface area contributed by atoms with Crippen LogP contribution in [0, 0.1) is 6.92 Å². The summed E-state index contributed by atoms with van der Waals surface area (Å²) in [7, 11) is 0. The van der Waals surface area contributed by atoms with Crippen molar-refractivity contribution in [3.8, 4) is 0 Å². The zero-order valence-electron chi connectivity index (χ0n) is 15.2. The van der Waals surface area contributed by atoms with E-state index in [0.29, 0.717) is 18.3 Å². The number of aryl methyl sites for hydroxylation is 2. The van der Waals surface area contributed by atoms with Gasteiger partial charge in [0.1, 0.15) is 11.5 Å². The predicted molar refractivity (Wildman–Crippen MR) is 102 cm³/mol. The molecule has 136 valence electrons. The molecule has 0 spiro atoms. The Morgan fingerprint density at radius 1 is 1.27 bits per heavy atom. The molecular weight excluding hydrogens is 326 g/mol. The number of aromatic amines is 1. The maximum Gasteiger partial charge on any atom is 0.271 e. The number of piperidine rings is 1. The summed E-state index contributed by atoms with van der Waals surface area (Å²) in [6, 6.07) is 8.19. The van der Waals surface area contributed by atoms with Crippen LogP contribution in [0.1, 0.15) is 37.2 Å². The van der Waals surface area contributed by atoms with E-state index in [0.717, 1.165) is 36.4 Å². The van der Waals surface area contributed by atoms with E-state index in [9.17, 15) is 4.79 Å². The van der Waals surface area contributed by atoms with Gasteiger partial charge in [0.15, 0.2) is 0 Å². The van der Waals surface area contributed by atoms with Crippen molar-refractivity contribution < 1.29 is 0 Å². The van der Waals surface area contributed by atoms with Gasteiger partial charge in [0.25, 0.3) is 5.56 Å². The van der Waals surface area contributed by atoms with Crippen LogP contribution in [0.4, 0.5) is 0 Å². The molecule has 1 saturated heterocycles. The van der Waals surface area contributed by atoms with Crippen LogP contribution < -0.4 is 5.56 Å². The van der Waals surface area contributed by atoms with Gasteiger partial charge < -0.3 is 9.55 Å². The lowest BCUT2D eigenvalue weighted by atomic mass is 9.99. The highest BCUT2D eigenvalue weighted by molar-refractivity contribution is 5.73. The average Bonchev–Trinajstić information content (AvgIpc) is 3.06. The van der Waals surface area contributed by atoms with E-state index < -0.39 is 0 Å². The molecule has 0 saturated carbocycles. The van der Waals surface area contributed by atoms with Crippen LogP contribution in [-0.2, 0) is 13.1 Å². The molecule has 1 aliphatic rings. The van der Waals surface area contributed by atoms with Crippen molar-refractivity contribution in [2.45, 2.75) is 51.7 Å². The number of H-pyrrole nitrogens is 1. The predicted octanol–water partition coefficient (Wildman–Crippen LogP) is 2.87. The first-order chi connectivity index (χ1) is 12.7. The molecule has 1 fully saturated rings. The lowest BCUT2D eigenvalue weighted by molar-refractivity contribution is 0.126. The Kier molecular flexibility index (Phi) is 4.84. The van der Waals surface area contributed by atoms with E-state index in [1.165, 1.54) is 19.3 Å². The zero-order valence-corrected chi connectivity index (χ0v) is 15.2. The Morgan fingerprint density at radius 2 is 2.15 bits per heavy atom. The fraction of sp³-hybridized carbons (Fsp3) is 0.450. The highest BCUT2D eigenvalue weighted by Gasteiger charge is 2.24. The zero-order chi connectivity index (χ0) is 17.9. The number of rotatable bonds is 5. The summed E-state index contributed by atoms with van der Waals surface area (Å²) < 4.78 is 2.20. The summed E-state index contributed by atoms with van der Waals surface area (Å²) in [5, 5.41) is 0. The number of nitrogens with one attached hydrogen (secondary N) is 1. The average molecular weight is 351 g/mol. The summed E-state index contributed by atoms with van der Waals surface area (Å²) in [6.07, 6.45) is 8.59. The molecule has 26 heavy (non-hydrogen) atoms. The van der Waals surface area contributed by atoms with Gasteiger partial charge in [-0.25, -0.2) is 9.97 Å². The number of benzene rings is 1. The second kappa shape index (κ2) is 7.41. The fourth-order valence-electron chi connectivity index (χ4n) is 3.89. The highest BCUT2D eigenvalue weighted by atomic mass is 16.1. The first-order valence-corrected chi connectivity index (χ1v) is 9.40. The van der Waals surface area contributed by atoms with Crippen LogP contribution in [0.2, 0.25) is 0 Å². The third-order valence-corrected chi connectivity index (χ3v) is 5.40. The van der Waals surface area contributed by atoms with Crippen molar-refractivity contribution in [2.75, 3.05) is 6.54 Å². The topological polar surface area (TPSA) is 66.8 Å². The molecule has 0 unspecified atom stereocenters. The first-order valence-electron chi connectivity index (χ1n) is 9.40. The molecule has 0 amide bonds. The van der Waals surface area contributed by atoms with Crippen molar-refractivity contribution in [1.29, 1.82) is 0 Å². The molecule has 4 rings (SSSR count). The van der Waals surface area contributed by atoms with Crippen molar-refractivity contribution >= 4 is 11.0 Å². The third kappa shape index (κ3) is 3.55. The number of aromatic nitrogens is 4. The third-order valence-electron chi connectivity index (χ3n) is 5.40. The highest BCUT2D eigenvalue weighted by Crippen LogP contribution is 2.22. The Bertz CT molecular complexity index is 945. The first kappa shape index (κ1) is 17.0. The minimum absolute atomic E-state index is 0.0709. The number of likely N-dealkylation sites (tertiary alicyclic amines) is 1. The standard InChI is InChI=1S/C20H25N5O/c1-15-21-10-13-24(15)12-9-16-6-4-5-11-25(16)14-19-20(26)23-18-8-3-2-7-17(18)22-19/h2-3,7-8,10,13,16H,4-6,9,11-12,14H2,1H3,(H,23,26)/t16-/m1/s1. The summed E-state index contributed by atoms with van der Waals surface area (Å²) in [6.45, 7) is 4.65. The number of hydrogen-bond acceptors (Lipinski definition) is 4. The summed E-state index contributed by atoms with van der Waals surface area (Å²) >= 11 is 0. The molecule has 3 aromatic rings. The normalized spacial score (nSPS) is 18.4. The van der Waals surface area contributed by atoms with Gasteiger partial charge >= 0.3 is 0 Å². The van der Waals surface area contributed by atoms with Gasteiger partial charge in [-0.15, -0.1) is 0 Å². The molecule has 3 heterocycles. The minimum atomic E-state index is -0.0709. The Balaban J connectivity index is 1.50. The van der Waals surface area contributed by atoms with E-state index >= 15 is 0 Å². The van der Waals surface area contributed by atoms with Gasteiger partial charge in [-0.3, -0.25) is 9.69 Å². The Hall–Kier alpha value is -2.47. The van der Waals surface area contributed by atoms with Crippen LogP contribution >= 0.6 is 0 Å².